The zero-order chi connectivity index (χ0) is 21.1. The van der Waals surface area contributed by atoms with Crippen LogP contribution in [0.3, 0.4) is 0 Å². The number of benzene rings is 1. The van der Waals surface area contributed by atoms with Gasteiger partial charge in [-0.25, -0.2) is 8.42 Å². The Kier molecular flexibility index (Phi) is 6.56. The van der Waals surface area contributed by atoms with Crippen LogP contribution in [-0.4, -0.2) is 43.3 Å². The normalized spacial score (nSPS) is 11.3. The molecule has 1 N–H and O–H groups in total. The van der Waals surface area contributed by atoms with Gasteiger partial charge < -0.3 is 9.72 Å². The molecule has 0 fully saturated rings. The molecule has 2 rings (SSSR count). The highest BCUT2D eigenvalue weighted by molar-refractivity contribution is 7.91. The monoisotopic (exact) mass is 405 g/mol. The lowest BCUT2D eigenvalue weighted by Crippen LogP contribution is -2.18. The third kappa shape index (κ3) is 4.95. The van der Waals surface area contributed by atoms with Gasteiger partial charge in [0.1, 0.15) is 0 Å². The van der Waals surface area contributed by atoms with Crippen LogP contribution in [0.25, 0.3) is 0 Å². The Labute approximate surface area is 164 Å². The maximum Gasteiger partial charge on any atom is 0.307 e. The molecule has 1 aromatic heterocycles. The molecule has 0 aliphatic carbocycles. The van der Waals surface area contributed by atoms with Gasteiger partial charge in [0.2, 0.25) is 5.78 Å². The third-order valence-electron chi connectivity index (χ3n) is 4.39. The van der Waals surface area contributed by atoms with E-state index in [9.17, 15) is 22.8 Å². The first-order valence-corrected chi connectivity index (χ1v) is 10.4. The van der Waals surface area contributed by atoms with Crippen molar-refractivity contribution in [1.82, 2.24) is 4.98 Å². The van der Waals surface area contributed by atoms with Crippen LogP contribution in [0.5, 0.6) is 0 Å². The highest BCUT2D eigenvalue weighted by Crippen LogP contribution is 2.19. The number of nitrogens with one attached hydrogen (secondary N) is 1. The van der Waals surface area contributed by atoms with Crippen LogP contribution in [0, 0.1) is 20.8 Å². The number of carbonyl (C=O) groups is 3. The van der Waals surface area contributed by atoms with Crippen LogP contribution in [0.2, 0.25) is 0 Å². The Morgan fingerprint density at radius 3 is 2.18 bits per heavy atom. The molecule has 8 heteroatoms. The van der Waals surface area contributed by atoms with Crippen LogP contribution >= 0.6 is 0 Å². The van der Waals surface area contributed by atoms with Gasteiger partial charge in [-0.1, -0.05) is 17.7 Å². The SMILES string of the molecule is CC(=O)c1c(C)[nH]c(C(=O)COC(=O)CCS(=O)(=O)c2ccc(C)cc2)c1C. The van der Waals surface area contributed by atoms with Crippen molar-refractivity contribution < 1.29 is 27.5 Å². The summed E-state index contributed by atoms with van der Waals surface area (Å²) in [5.74, 6) is -1.83. The molecule has 0 atom stereocenters. The quantitative estimate of drug-likeness (QED) is 0.534. The van der Waals surface area contributed by atoms with E-state index in [0.717, 1.165) is 5.56 Å². The minimum absolute atomic E-state index is 0.135. The summed E-state index contributed by atoms with van der Waals surface area (Å²) in [7, 11) is -3.61. The molecule has 0 saturated carbocycles. The largest absolute Gasteiger partial charge is 0.457 e. The first kappa shape index (κ1) is 21.6. The van der Waals surface area contributed by atoms with Crippen LogP contribution in [0.15, 0.2) is 29.2 Å². The fraction of sp³-hybridized carbons (Fsp3) is 0.350. The molecular formula is C20H23NO6S. The predicted octanol–water partition coefficient (Wildman–Crippen LogP) is 2.73. The highest BCUT2D eigenvalue weighted by atomic mass is 32.2. The maximum atomic E-state index is 12.3. The maximum absolute atomic E-state index is 12.3. The van der Waals surface area contributed by atoms with E-state index >= 15 is 0 Å². The van der Waals surface area contributed by atoms with Gasteiger partial charge in [-0.15, -0.1) is 0 Å². The van der Waals surface area contributed by atoms with Gasteiger partial charge in [0, 0.05) is 11.3 Å². The van der Waals surface area contributed by atoms with Gasteiger partial charge in [0.05, 0.1) is 22.8 Å². The first-order chi connectivity index (χ1) is 13.0. The predicted molar refractivity (Wildman–Crippen MR) is 103 cm³/mol. The van der Waals surface area contributed by atoms with Gasteiger partial charge in [-0.2, -0.15) is 0 Å². The molecule has 0 aliphatic rings. The second-order valence-electron chi connectivity index (χ2n) is 6.65. The standard InChI is InChI=1S/C20H23NO6S/c1-12-5-7-16(8-6-12)28(25,26)10-9-18(24)27-11-17(23)20-13(2)19(15(4)22)14(3)21-20/h5-8,21H,9-11H2,1-4H3. The Hall–Kier alpha value is -2.74. The minimum atomic E-state index is -3.61. The van der Waals surface area contributed by atoms with E-state index in [4.69, 9.17) is 4.74 Å². The number of rotatable bonds is 8. The second kappa shape index (κ2) is 8.52. The van der Waals surface area contributed by atoms with Crippen molar-refractivity contribution in [3.05, 3.63) is 52.3 Å². The van der Waals surface area contributed by atoms with Crippen molar-refractivity contribution in [2.45, 2.75) is 39.0 Å². The Morgan fingerprint density at radius 2 is 1.64 bits per heavy atom. The highest BCUT2D eigenvalue weighted by Gasteiger charge is 2.22. The average molecular weight is 405 g/mol. The van der Waals surface area contributed by atoms with E-state index in [1.165, 1.54) is 19.1 Å². The van der Waals surface area contributed by atoms with Gasteiger partial charge in [-0.3, -0.25) is 14.4 Å². The van der Waals surface area contributed by atoms with Crippen molar-refractivity contribution in [3.63, 3.8) is 0 Å². The van der Waals surface area contributed by atoms with Crippen molar-refractivity contribution in [1.29, 1.82) is 0 Å². The number of aryl methyl sites for hydroxylation is 2. The third-order valence-corrected chi connectivity index (χ3v) is 6.12. The summed E-state index contributed by atoms with van der Waals surface area (Å²) in [5, 5.41) is 0. The van der Waals surface area contributed by atoms with E-state index in [1.54, 1.807) is 26.0 Å². The summed E-state index contributed by atoms with van der Waals surface area (Å²) >= 11 is 0. The molecule has 0 radical (unpaired) electrons. The molecule has 28 heavy (non-hydrogen) atoms. The number of sulfone groups is 1. The number of Topliss-reactive ketones (excluding diaryl/α,β-unsaturated/α-hetero) is 2. The molecule has 7 nitrogen and oxygen atoms in total. The lowest BCUT2D eigenvalue weighted by atomic mass is 10.1. The number of H-pyrrole nitrogens is 1. The lowest BCUT2D eigenvalue weighted by Gasteiger charge is -2.06. The van der Waals surface area contributed by atoms with E-state index in [1.807, 2.05) is 6.92 Å². The van der Waals surface area contributed by atoms with Crippen LogP contribution in [-0.2, 0) is 19.4 Å². The van der Waals surface area contributed by atoms with Gasteiger partial charge in [0.25, 0.3) is 0 Å². The molecule has 1 aromatic carbocycles. The van der Waals surface area contributed by atoms with Crippen molar-refractivity contribution in [2.75, 3.05) is 12.4 Å². The number of esters is 1. The van der Waals surface area contributed by atoms with Crippen molar-refractivity contribution >= 4 is 27.4 Å². The summed E-state index contributed by atoms with van der Waals surface area (Å²) in [6.45, 7) is 6.05. The lowest BCUT2D eigenvalue weighted by molar-refractivity contribution is -0.142. The summed E-state index contributed by atoms with van der Waals surface area (Å²) in [6.07, 6.45) is -0.356. The Bertz CT molecular complexity index is 1020. The minimum Gasteiger partial charge on any atom is -0.457 e. The van der Waals surface area contributed by atoms with Crippen LogP contribution < -0.4 is 0 Å². The summed E-state index contributed by atoms with van der Waals surface area (Å²) in [5.41, 5.74) is 2.66. The molecule has 0 aliphatic heterocycles. The zero-order valence-corrected chi connectivity index (χ0v) is 17.1. The van der Waals surface area contributed by atoms with Crippen LogP contribution in [0.1, 0.15) is 51.0 Å². The number of hydrogen-bond acceptors (Lipinski definition) is 6. The molecule has 0 saturated heterocycles. The first-order valence-electron chi connectivity index (χ1n) is 8.71. The topological polar surface area (TPSA) is 110 Å². The van der Waals surface area contributed by atoms with Gasteiger partial charge in [0.15, 0.2) is 22.2 Å². The van der Waals surface area contributed by atoms with Gasteiger partial charge >= 0.3 is 5.97 Å². The molecule has 0 amide bonds. The van der Waals surface area contributed by atoms with E-state index in [2.05, 4.69) is 4.98 Å². The summed E-state index contributed by atoms with van der Waals surface area (Å²) in [6, 6.07) is 6.34. The number of aromatic nitrogens is 1. The van der Waals surface area contributed by atoms with Crippen LogP contribution in [0.4, 0.5) is 0 Å². The van der Waals surface area contributed by atoms with E-state index in [-0.39, 0.29) is 22.8 Å². The molecule has 150 valence electrons. The number of ether oxygens (including phenoxy) is 1. The smallest absolute Gasteiger partial charge is 0.307 e. The van der Waals surface area contributed by atoms with Crippen molar-refractivity contribution in [3.8, 4) is 0 Å². The van der Waals surface area contributed by atoms with Crippen molar-refractivity contribution in [2.24, 2.45) is 0 Å². The number of hydrogen-bond donors (Lipinski definition) is 1. The average Bonchev–Trinajstić information content (AvgIpc) is 2.93. The number of carbonyl (C=O) groups excluding carboxylic acids is 3. The summed E-state index contributed by atoms with van der Waals surface area (Å²) < 4.78 is 29.4. The van der Waals surface area contributed by atoms with E-state index < -0.39 is 33.9 Å². The molecule has 0 bridgehead atoms. The molecule has 1 heterocycles. The molecule has 0 spiro atoms. The molecule has 0 unspecified atom stereocenters. The fourth-order valence-electron chi connectivity index (χ4n) is 2.93. The Balaban J connectivity index is 1.94. The summed E-state index contributed by atoms with van der Waals surface area (Å²) in [4.78, 5) is 38.8. The number of ketones is 2. The van der Waals surface area contributed by atoms with E-state index in [0.29, 0.717) is 16.8 Å². The fourth-order valence-corrected chi connectivity index (χ4v) is 4.15. The molecule has 2 aromatic rings. The molecular weight excluding hydrogens is 382 g/mol. The second-order valence-corrected chi connectivity index (χ2v) is 8.76. The zero-order valence-electron chi connectivity index (χ0n) is 16.3. The number of aromatic amines is 1. The van der Waals surface area contributed by atoms with Gasteiger partial charge in [-0.05, 0) is 45.4 Å². The Morgan fingerprint density at radius 1 is 1.04 bits per heavy atom.